The van der Waals surface area contributed by atoms with E-state index in [-0.39, 0.29) is 23.9 Å². The first-order valence-electron chi connectivity index (χ1n) is 7.90. The maximum Gasteiger partial charge on any atom is 0.255 e. The summed E-state index contributed by atoms with van der Waals surface area (Å²) in [4.78, 5) is 30.2. The normalized spacial score (nSPS) is 21.0. The number of carbonyl (C=O) groups is 2. The molecule has 0 bridgehead atoms. The van der Waals surface area contributed by atoms with E-state index in [0.29, 0.717) is 24.3 Å². The van der Waals surface area contributed by atoms with E-state index in [4.69, 9.17) is 0 Å². The molecule has 1 fully saturated rings. The Morgan fingerprint density at radius 3 is 2.74 bits per heavy atom. The van der Waals surface area contributed by atoms with E-state index in [1.807, 2.05) is 7.05 Å². The minimum Gasteiger partial charge on any atom is -0.372 e. The molecule has 0 radical (unpaired) electrons. The van der Waals surface area contributed by atoms with Gasteiger partial charge in [0.15, 0.2) is 0 Å². The summed E-state index contributed by atoms with van der Waals surface area (Å²) in [5.41, 5.74) is 0.539. The van der Waals surface area contributed by atoms with Crippen molar-refractivity contribution in [2.45, 2.75) is 31.3 Å². The summed E-state index contributed by atoms with van der Waals surface area (Å²) in [7, 11) is 5.41. The van der Waals surface area contributed by atoms with Crippen molar-refractivity contribution < 1.29 is 9.59 Å². The number of amides is 2. The lowest BCUT2D eigenvalue weighted by atomic mass is 10.1. The lowest BCUT2D eigenvalue weighted by molar-refractivity contribution is -0.121. The number of hydrogen-bond acceptors (Lipinski definition) is 5. The van der Waals surface area contributed by atoms with Crippen molar-refractivity contribution in [3.8, 4) is 0 Å². The third-order valence-electron chi connectivity index (χ3n) is 4.47. The van der Waals surface area contributed by atoms with E-state index >= 15 is 0 Å². The van der Waals surface area contributed by atoms with Gasteiger partial charge in [-0.15, -0.1) is 0 Å². The molecule has 126 valence electrons. The first-order chi connectivity index (χ1) is 11.1. The van der Waals surface area contributed by atoms with Gasteiger partial charge in [0.05, 0.1) is 5.56 Å². The highest BCUT2D eigenvalue weighted by molar-refractivity contribution is 5.98. The van der Waals surface area contributed by atoms with Crippen LogP contribution in [0.2, 0.25) is 0 Å². The van der Waals surface area contributed by atoms with Crippen LogP contribution in [0.25, 0.3) is 0 Å². The van der Waals surface area contributed by atoms with Crippen LogP contribution < -0.4 is 16.0 Å². The van der Waals surface area contributed by atoms with Gasteiger partial charge in [0, 0.05) is 45.3 Å². The van der Waals surface area contributed by atoms with E-state index < -0.39 is 0 Å². The van der Waals surface area contributed by atoms with Gasteiger partial charge < -0.3 is 16.0 Å². The summed E-state index contributed by atoms with van der Waals surface area (Å²) < 4.78 is 0. The minimum atomic E-state index is -0.134. The van der Waals surface area contributed by atoms with Gasteiger partial charge in [-0.25, -0.2) is 4.98 Å². The predicted molar refractivity (Wildman–Crippen MR) is 89.4 cm³/mol. The van der Waals surface area contributed by atoms with Gasteiger partial charge in [-0.1, -0.05) is 0 Å². The largest absolute Gasteiger partial charge is 0.372 e. The quantitative estimate of drug-likeness (QED) is 0.709. The first-order valence-corrected chi connectivity index (χ1v) is 7.90. The SMILES string of the molecule is CNC(=O)C[C@H]1CC[C@@H](CNC(=O)c2cccnc2NC)N1C. The average molecular weight is 319 g/mol. The standard InChI is InChI=1S/C16H25N5O2/c1-17-14(22)9-11-6-7-12(21(11)3)10-20-16(23)13-5-4-8-19-15(13)18-2/h4-5,8,11-12H,6-7,9-10H2,1-3H3,(H,17,22)(H,18,19)(H,20,23)/t11-,12+/m1/s1. The van der Waals surface area contributed by atoms with E-state index in [1.54, 1.807) is 32.4 Å². The Hall–Kier alpha value is -2.15. The Labute approximate surface area is 136 Å². The average Bonchev–Trinajstić information content (AvgIpc) is 2.92. The van der Waals surface area contributed by atoms with E-state index in [9.17, 15) is 9.59 Å². The monoisotopic (exact) mass is 319 g/mol. The second-order valence-corrected chi connectivity index (χ2v) is 5.79. The van der Waals surface area contributed by atoms with Gasteiger partial charge in [-0.05, 0) is 32.0 Å². The zero-order valence-corrected chi connectivity index (χ0v) is 13.9. The molecule has 0 aliphatic carbocycles. The molecule has 2 amide bonds. The second kappa shape index (κ2) is 7.92. The topological polar surface area (TPSA) is 86.4 Å². The summed E-state index contributed by atoms with van der Waals surface area (Å²) in [6, 6.07) is 3.99. The van der Waals surface area contributed by atoms with Crippen molar-refractivity contribution in [3.63, 3.8) is 0 Å². The summed E-state index contributed by atoms with van der Waals surface area (Å²) in [6.45, 7) is 0.567. The molecule has 1 saturated heterocycles. The van der Waals surface area contributed by atoms with Gasteiger partial charge in [0.25, 0.3) is 5.91 Å². The minimum absolute atomic E-state index is 0.0561. The summed E-state index contributed by atoms with van der Waals surface area (Å²) in [5, 5.41) is 8.56. The molecule has 3 N–H and O–H groups in total. The highest BCUT2D eigenvalue weighted by Crippen LogP contribution is 2.24. The fraction of sp³-hybridized carbons (Fsp3) is 0.562. The van der Waals surface area contributed by atoms with E-state index in [1.165, 1.54) is 0 Å². The molecule has 1 aromatic heterocycles. The molecule has 0 aromatic carbocycles. The van der Waals surface area contributed by atoms with Crippen LogP contribution in [0.5, 0.6) is 0 Å². The number of anilines is 1. The van der Waals surface area contributed by atoms with Gasteiger partial charge in [0.1, 0.15) is 5.82 Å². The molecule has 7 heteroatoms. The van der Waals surface area contributed by atoms with Crippen molar-refractivity contribution in [1.29, 1.82) is 0 Å². The van der Waals surface area contributed by atoms with Crippen molar-refractivity contribution >= 4 is 17.6 Å². The Kier molecular flexibility index (Phi) is 5.92. The van der Waals surface area contributed by atoms with Crippen molar-refractivity contribution in [1.82, 2.24) is 20.5 Å². The van der Waals surface area contributed by atoms with Crippen LogP contribution in [0, 0.1) is 0 Å². The molecule has 1 aliphatic heterocycles. The van der Waals surface area contributed by atoms with Crippen LogP contribution in [-0.4, -0.2) is 61.5 Å². The van der Waals surface area contributed by atoms with Gasteiger partial charge in [0.2, 0.25) is 5.91 Å². The number of likely N-dealkylation sites (N-methyl/N-ethyl adjacent to an activating group) is 1. The molecule has 0 saturated carbocycles. The second-order valence-electron chi connectivity index (χ2n) is 5.79. The predicted octanol–water partition coefficient (Wildman–Crippen LogP) is 0.452. The number of likely N-dealkylation sites (tertiary alicyclic amines) is 1. The van der Waals surface area contributed by atoms with Crippen LogP contribution in [0.4, 0.5) is 5.82 Å². The lowest BCUT2D eigenvalue weighted by Gasteiger charge is -2.25. The highest BCUT2D eigenvalue weighted by Gasteiger charge is 2.31. The molecule has 2 atom stereocenters. The summed E-state index contributed by atoms with van der Waals surface area (Å²) in [6.07, 6.45) is 4.10. The Morgan fingerprint density at radius 2 is 2.04 bits per heavy atom. The van der Waals surface area contributed by atoms with E-state index in [0.717, 1.165) is 12.8 Å². The number of carbonyl (C=O) groups excluding carboxylic acids is 2. The van der Waals surface area contributed by atoms with Gasteiger partial charge >= 0.3 is 0 Å². The Bertz CT molecular complexity index is 563. The molecule has 2 heterocycles. The van der Waals surface area contributed by atoms with Crippen molar-refractivity contribution in [3.05, 3.63) is 23.9 Å². The van der Waals surface area contributed by atoms with Crippen LogP contribution in [0.15, 0.2) is 18.3 Å². The van der Waals surface area contributed by atoms with Crippen molar-refractivity contribution in [2.24, 2.45) is 0 Å². The van der Waals surface area contributed by atoms with Gasteiger partial charge in [-0.3, -0.25) is 14.5 Å². The number of nitrogens with one attached hydrogen (secondary N) is 3. The molecule has 1 aliphatic rings. The number of rotatable bonds is 6. The molecule has 1 aromatic rings. The van der Waals surface area contributed by atoms with Crippen LogP contribution in [0.1, 0.15) is 29.6 Å². The molecular formula is C16H25N5O2. The van der Waals surface area contributed by atoms with Crippen LogP contribution in [-0.2, 0) is 4.79 Å². The lowest BCUT2D eigenvalue weighted by Crippen LogP contribution is -2.42. The van der Waals surface area contributed by atoms with Crippen molar-refractivity contribution in [2.75, 3.05) is 33.0 Å². The fourth-order valence-electron chi connectivity index (χ4n) is 2.99. The smallest absolute Gasteiger partial charge is 0.255 e. The van der Waals surface area contributed by atoms with Crippen LogP contribution >= 0.6 is 0 Å². The molecular weight excluding hydrogens is 294 g/mol. The molecule has 7 nitrogen and oxygen atoms in total. The third kappa shape index (κ3) is 4.19. The molecule has 23 heavy (non-hydrogen) atoms. The Morgan fingerprint density at radius 1 is 1.30 bits per heavy atom. The first kappa shape index (κ1) is 17.2. The maximum atomic E-state index is 12.3. The molecule has 2 rings (SSSR count). The molecule has 0 spiro atoms. The van der Waals surface area contributed by atoms with Gasteiger partial charge in [-0.2, -0.15) is 0 Å². The maximum absolute atomic E-state index is 12.3. The Balaban J connectivity index is 1.89. The molecule has 0 unspecified atom stereocenters. The van der Waals surface area contributed by atoms with Crippen LogP contribution in [0.3, 0.4) is 0 Å². The third-order valence-corrected chi connectivity index (χ3v) is 4.47. The van der Waals surface area contributed by atoms with E-state index in [2.05, 4.69) is 25.8 Å². The summed E-state index contributed by atoms with van der Waals surface area (Å²) in [5.74, 6) is 0.494. The fourth-order valence-corrected chi connectivity index (χ4v) is 2.99. The zero-order chi connectivity index (χ0) is 16.8. The number of hydrogen-bond donors (Lipinski definition) is 3. The zero-order valence-electron chi connectivity index (χ0n) is 13.9. The number of nitrogens with zero attached hydrogens (tertiary/aromatic N) is 2. The highest BCUT2D eigenvalue weighted by atomic mass is 16.2. The summed E-state index contributed by atoms with van der Waals surface area (Å²) >= 11 is 0. The number of aromatic nitrogens is 1. The number of pyridine rings is 1.